The number of likely N-dealkylation sites (tertiary alicyclic amines) is 1. The summed E-state index contributed by atoms with van der Waals surface area (Å²) in [6.07, 6.45) is 1.02. The minimum atomic E-state index is -0.388. The predicted octanol–water partition coefficient (Wildman–Crippen LogP) is 1.74. The molecule has 1 aliphatic heterocycles. The molecule has 4 N–H and O–H groups in total. The average molecular weight is 342 g/mol. The topological polar surface area (TPSA) is 81.6 Å². The SMILES string of the molecule is CCOC(=O)c1cc(Br)c(CN2CCC(N)C2)cc1N. The number of rotatable bonds is 4. The van der Waals surface area contributed by atoms with E-state index in [0.29, 0.717) is 17.9 Å². The van der Waals surface area contributed by atoms with Gasteiger partial charge in [0.2, 0.25) is 0 Å². The predicted molar refractivity (Wildman–Crippen MR) is 82.4 cm³/mol. The Morgan fingerprint density at radius 2 is 2.30 bits per heavy atom. The van der Waals surface area contributed by atoms with Crippen LogP contribution in [0.15, 0.2) is 16.6 Å². The highest BCUT2D eigenvalue weighted by molar-refractivity contribution is 9.10. The van der Waals surface area contributed by atoms with E-state index in [1.165, 1.54) is 0 Å². The maximum Gasteiger partial charge on any atom is 0.340 e. The molecular weight excluding hydrogens is 322 g/mol. The molecule has 0 aromatic heterocycles. The number of nitrogens with two attached hydrogens (primary N) is 2. The minimum Gasteiger partial charge on any atom is -0.462 e. The molecule has 1 aliphatic rings. The van der Waals surface area contributed by atoms with Gasteiger partial charge in [-0.15, -0.1) is 0 Å². The molecule has 1 atom stereocenters. The Morgan fingerprint density at radius 3 is 2.90 bits per heavy atom. The van der Waals surface area contributed by atoms with Crippen LogP contribution >= 0.6 is 15.9 Å². The normalized spacial score (nSPS) is 19.2. The van der Waals surface area contributed by atoms with Crippen molar-refractivity contribution in [3.8, 4) is 0 Å². The first-order valence-corrected chi connectivity index (χ1v) is 7.53. The molecule has 0 bridgehead atoms. The number of esters is 1. The molecule has 1 heterocycles. The minimum absolute atomic E-state index is 0.255. The zero-order chi connectivity index (χ0) is 14.7. The fourth-order valence-electron chi connectivity index (χ4n) is 2.39. The molecule has 1 saturated heterocycles. The van der Waals surface area contributed by atoms with Crippen molar-refractivity contribution < 1.29 is 9.53 Å². The Kier molecular flexibility index (Phi) is 5.01. The Hall–Kier alpha value is -1.11. The van der Waals surface area contributed by atoms with Crippen LogP contribution in [-0.4, -0.2) is 36.6 Å². The van der Waals surface area contributed by atoms with Crippen molar-refractivity contribution >= 4 is 27.6 Å². The summed E-state index contributed by atoms with van der Waals surface area (Å²) in [4.78, 5) is 14.1. The number of ether oxygens (including phenoxy) is 1. The maximum atomic E-state index is 11.8. The Balaban J connectivity index is 2.15. The van der Waals surface area contributed by atoms with Crippen molar-refractivity contribution in [3.05, 3.63) is 27.7 Å². The van der Waals surface area contributed by atoms with Crippen LogP contribution in [0.2, 0.25) is 0 Å². The van der Waals surface area contributed by atoms with Crippen LogP contribution in [-0.2, 0) is 11.3 Å². The highest BCUT2D eigenvalue weighted by atomic mass is 79.9. The standard InChI is InChI=1S/C14H20BrN3O2/c1-2-20-14(19)11-6-12(15)9(5-13(11)17)7-18-4-3-10(16)8-18/h5-6,10H,2-4,7-8,16-17H2,1H3. The van der Waals surface area contributed by atoms with E-state index >= 15 is 0 Å². The molecule has 0 amide bonds. The van der Waals surface area contributed by atoms with E-state index in [1.807, 2.05) is 6.07 Å². The number of hydrogen-bond donors (Lipinski definition) is 2. The molecule has 2 rings (SSSR count). The molecule has 0 radical (unpaired) electrons. The van der Waals surface area contributed by atoms with Gasteiger partial charge in [0.05, 0.1) is 12.2 Å². The van der Waals surface area contributed by atoms with E-state index in [9.17, 15) is 4.79 Å². The molecule has 6 heteroatoms. The lowest BCUT2D eigenvalue weighted by molar-refractivity contribution is 0.0527. The van der Waals surface area contributed by atoms with Crippen LogP contribution in [0.25, 0.3) is 0 Å². The van der Waals surface area contributed by atoms with Crippen molar-refractivity contribution in [1.82, 2.24) is 4.90 Å². The third-order valence-electron chi connectivity index (χ3n) is 3.42. The second kappa shape index (κ2) is 6.56. The largest absolute Gasteiger partial charge is 0.462 e. The van der Waals surface area contributed by atoms with Crippen LogP contribution in [0.4, 0.5) is 5.69 Å². The third kappa shape index (κ3) is 3.50. The molecule has 1 aromatic carbocycles. The van der Waals surface area contributed by atoms with Crippen LogP contribution in [0.3, 0.4) is 0 Å². The molecule has 1 unspecified atom stereocenters. The zero-order valence-electron chi connectivity index (χ0n) is 11.6. The quantitative estimate of drug-likeness (QED) is 0.643. The van der Waals surface area contributed by atoms with E-state index in [0.717, 1.165) is 36.1 Å². The summed E-state index contributed by atoms with van der Waals surface area (Å²) in [6.45, 7) is 4.78. The summed E-state index contributed by atoms with van der Waals surface area (Å²) in [5, 5.41) is 0. The number of halogens is 1. The van der Waals surface area contributed by atoms with Gasteiger partial charge in [0.1, 0.15) is 0 Å². The van der Waals surface area contributed by atoms with Gasteiger partial charge in [0.25, 0.3) is 0 Å². The van der Waals surface area contributed by atoms with Crippen molar-refractivity contribution in [1.29, 1.82) is 0 Å². The lowest BCUT2D eigenvalue weighted by atomic mass is 10.1. The molecule has 0 saturated carbocycles. The summed E-state index contributed by atoms with van der Waals surface area (Å²) in [5.41, 5.74) is 13.8. The second-order valence-electron chi connectivity index (χ2n) is 5.04. The van der Waals surface area contributed by atoms with E-state index in [-0.39, 0.29) is 12.0 Å². The smallest absolute Gasteiger partial charge is 0.340 e. The maximum absolute atomic E-state index is 11.8. The first-order chi connectivity index (χ1) is 9.51. The van der Waals surface area contributed by atoms with Gasteiger partial charge in [-0.3, -0.25) is 4.90 Å². The average Bonchev–Trinajstić information content (AvgIpc) is 2.79. The number of benzene rings is 1. The Bertz CT molecular complexity index is 507. The summed E-state index contributed by atoms with van der Waals surface area (Å²) >= 11 is 3.50. The van der Waals surface area contributed by atoms with E-state index in [2.05, 4.69) is 20.8 Å². The molecule has 1 aromatic rings. The van der Waals surface area contributed by atoms with Crippen LogP contribution in [0, 0.1) is 0 Å². The lowest BCUT2D eigenvalue weighted by Crippen LogP contribution is -2.26. The fraction of sp³-hybridized carbons (Fsp3) is 0.500. The van der Waals surface area contributed by atoms with Crippen LogP contribution in [0.1, 0.15) is 29.3 Å². The van der Waals surface area contributed by atoms with E-state index in [4.69, 9.17) is 16.2 Å². The molecule has 20 heavy (non-hydrogen) atoms. The summed E-state index contributed by atoms with van der Waals surface area (Å²) < 4.78 is 5.85. The number of nitrogen functional groups attached to an aromatic ring is 1. The number of carbonyl (C=O) groups excluding carboxylic acids is 1. The van der Waals surface area contributed by atoms with Crippen molar-refractivity contribution in [2.24, 2.45) is 5.73 Å². The van der Waals surface area contributed by atoms with Gasteiger partial charge >= 0.3 is 5.97 Å². The molecular formula is C14H20BrN3O2. The summed E-state index contributed by atoms with van der Waals surface area (Å²) in [5.74, 6) is -0.388. The monoisotopic (exact) mass is 341 g/mol. The van der Waals surface area contributed by atoms with Crippen molar-refractivity contribution in [2.75, 3.05) is 25.4 Å². The number of anilines is 1. The van der Waals surface area contributed by atoms with Crippen LogP contribution < -0.4 is 11.5 Å². The zero-order valence-corrected chi connectivity index (χ0v) is 13.1. The highest BCUT2D eigenvalue weighted by Crippen LogP contribution is 2.26. The number of carbonyl (C=O) groups is 1. The lowest BCUT2D eigenvalue weighted by Gasteiger charge is -2.17. The van der Waals surface area contributed by atoms with Gasteiger partial charge in [-0.2, -0.15) is 0 Å². The van der Waals surface area contributed by atoms with Crippen molar-refractivity contribution in [2.45, 2.75) is 25.9 Å². The molecule has 110 valence electrons. The van der Waals surface area contributed by atoms with Gasteiger partial charge in [0, 0.05) is 35.8 Å². The highest BCUT2D eigenvalue weighted by Gasteiger charge is 2.21. The van der Waals surface area contributed by atoms with E-state index < -0.39 is 0 Å². The van der Waals surface area contributed by atoms with Gasteiger partial charge < -0.3 is 16.2 Å². The third-order valence-corrected chi connectivity index (χ3v) is 4.15. The fourth-order valence-corrected chi connectivity index (χ4v) is 2.86. The molecule has 0 spiro atoms. The molecule has 5 nitrogen and oxygen atoms in total. The van der Waals surface area contributed by atoms with Gasteiger partial charge in [-0.05, 0) is 31.0 Å². The first kappa shape index (κ1) is 15.3. The number of hydrogen-bond acceptors (Lipinski definition) is 5. The Morgan fingerprint density at radius 1 is 1.55 bits per heavy atom. The van der Waals surface area contributed by atoms with Gasteiger partial charge in [-0.1, -0.05) is 15.9 Å². The summed E-state index contributed by atoms with van der Waals surface area (Å²) in [6, 6.07) is 3.82. The van der Waals surface area contributed by atoms with Gasteiger partial charge in [0.15, 0.2) is 0 Å². The number of nitrogens with zero attached hydrogens (tertiary/aromatic N) is 1. The van der Waals surface area contributed by atoms with E-state index in [1.54, 1.807) is 13.0 Å². The summed E-state index contributed by atoms with van der Waals surface area (Å²) in [7, 11) is 0. The molecule has 0 aliphatic carbocycles. The molecule has 1 fully saturated rings. The first-order valence-electron chi connectivity index (χ1n) is 6.74. The van der Waals surface area contributed by atoms with Crippen molar-refractivity contribution in [3.63, 3.8) is 0 Å². The second-order valence-corrected chi connectivity index (χ2v) is 5.89. The van der Waals surface area contributed by atoms with Gasteiger partial charge in [-0.25, -0.2) is 4.79 Å². The Labute approximate surface area is 127 Å². The van der Waals surface area contributed by atoms with Crippen LogP contribution in [0.5, 0.6) is 0 Å².